The van der Waals surface area contributed by atoms with Crippen molar-refractivity contribution >= 4 is 11.5 Å². The zero-order chi connectivity index (χ0) is 14.7. The third-order valence-electron chi connectivity index (χ3n) is 3.82. The Morgan fingerprint density at radius 2 is 1.71 bits per heavy atom. The maximum Gasteiger partial charge on any atom is 0.123 e. The first-order valence-electron chi connectivity index (χ1n) is 7.14. The second kappa shape index (κ2) is 6.10. The van der Waals surface area contributed by atoms with Crippen molar-refractivity contribution in [1.29, 1.82) is 0 Å². The van der Waals surface area contributed by atoms with Gasteiger partial charge in [0.05, 0.1) is 0 Å². The van der Waals surface area contributed by atoms with Crippen LogP contribution in [-0.4, -0.2) is 36.1 Å². The smallest absolute Gasteiger partial charge is 0.123 e. The van der Waals surface area contributed by atoms with Gasteiger partial charge >= 0.3 is 0 Å². The second-order valence-electron chi connectivity index (χ2n) is 5.33. The molecule has 0 spiro atoms. The van der Waals surface area contributed by atoms with Gasteiger partial charge in [0.15, 0.2) is 0 Å². The average molecular weight is 286 g/mol. The summed E-state index contributed by atoms with van der Waals surface area (Å²) in [6.45, 7) is 4.77. The van der Waals surface area contributed by atoms with E-state index in [0.29, 0.717) is 5.82 Å². The van der Waals surface area contributed by atoms with Gasteiger partial charge in [0, 0.05) is 44.6 Å². The van der Waals surface area contributed by atoms with Crippen LogP contribution in [0.5, 0.6) is 0 Å². The highest BCUT2D eigenvalue weighted by atomic mass is 19.1. The number of nitrogens with two attached hydrogens (primary N) is 1. The van der Waals surface area contributed by atoms with Gasteiger partial charge in [-0.25, -0.2) is 9.37 Å². The summed E-state index contributed by atoms with van der Waals surface area (Å²) in [5.74, 6) is 0.369. The van der Waals surface area contributed by atoms with Crippen LogP contribution in [0.4, 0.5) is 15.9 Å². The van der Waals surface area contributed by atoms with E-state index in [-0.39, 0.29) is 5.82 Å². The molecular weight excluding hydrogens is 267 g/mol. The van der Waals surface area contributed by atoms with Crippen LogP contribution in [0.1, 0.15) is 5.56 Å². The van der Waals surface area contributed by atoms with Crippen molar-refractivity contribution in [2.75, 3.05) is 36.8 Å². The van der Waals surface area contributed by atoms with E-state index in [4.69, 9.17) is 5.73 Å². The lowest BCUT2D eigenvalue weighted by Gasteiger charge is -2.36. The molecule has 0 aliphatic carbocycles. The van der Waals surface area contributed by atoms with Crippen molar-refractivity contribution in [2.24, 2.45) is 0 Å². The molecule has 1 aliphatic heterocycles. The summed E-state index contributed by atoms with van der Waals surface area (Å²) in [7, 11) is 0. The third-order valence-corrected chi connectivity index (χ3v) is 3.82. The van der Waals surface area contributed by atoms with Crippen LogP contribution in [0.3, 0.4) is 0 Å². The quantitative estimate of drug-likeness (QED) is 0.939. The Labute approximate surface area is 124 Å². The lowest BCUT2D eigenvalue weighted by atomic mass is 10.2. The molecule has 3 rings (SSSR count). The minimum Gasteiger partial charge on any atom is -0.384 e. The zero-order valence-electron chi connectivity index (χ0n) is 11.9. The monoisotopic (exact) mass is 286 g/mol. The Bertz CT molecular complexity index is 574. The van der Waals surface area contributed by atoms with Crippen LogP contribution in [0.25, 0.3) is 0 Å². The number of nitrogen functional groups attached to an aromatic ring is 1. The molecule has 2 N–H and O–H groups in total. The molecule has 0 bridgehead atoms. The molecule has 5 heteroatoms. The number of nitrogens with zero attached hydrogens (tertiary/aromatic N) is 3. The summed E-state index contributed by atoms with van der Waals surface area (Å²) in [4.78, 5) is 8.81. The lowest BCUT2D eigenvalue weighted by molar-refractivity contribution is 0.249. The maximum atomic E-state index is 12.9. The number of anilines is 2. The normalized spacial score (nSPS) is 16.1. The molecule has 1 aliphatic rings. The van der Waals surface area contributed by atoms with Crippen molar-refractivity contribution in [3.8, 4) is 0 Å². The molecular formula is C16H19FN4. The number of hydrogen-bond acceptors (Lipinski definition) is 4. The summed E-state index contributed by atoms with van der Waals surface area (Å²) in [6, 6.07) is 10.6. The van der Waals surface area contributed by atoms with E-state index in [1.54, 1.807) is 0 Å². The van der Waals surface area contributed by atoms with Crippen LogP contribution in [0.2, 0.25) is 0 Å². The van der Waals surface area contributed by atoms with Crippen LogP contribution < -0.4 is 10.6 Å². The number of pyridine rings is 1. The molecule has 0 radical (unpaired) electrons. The van der Waals surface area contributed by atoms with E-state index in [9.17, 15) is 4.39 Å². The van der Waals surface area contributed by atoms with Gasteiger partial charge in [0.1, 0.15) is 11.6 Å². The van der Waals surface area contributed by atoms with Crippen molar-refractivity contribution in [3.05, 3.63) is 54.0 Å². The SMILES string of the molecule is Nc1ccc(CN2CCN(c3ccc(F)cc3)CC2)cn1. The summed E-state index contributed by atoms with van der Waals surface area (Å²) in [5, 5.41) is 0. The fourth-order valence-electron chi connectivity index (χ4n) is 2.60. The van der Waals surface area contributed by atoms with Crippen LogP contribution in [0.15, 0.2) is 42.6 Å². The third kappa shape index (κ3) is 3.49. The molecule has 1 fully saturated rings. The molecule has 1 aromatic heterocycles. The van der Waals surface area contributed by atoms with Crippen LogP contribution in [-0.2, 0) is 6.54 Å². The first-order chi connectivity index (χ1) is 10.2. The van der Waals surface area contributed by atoms with Crippen LogP contribution in [0, 0.1) is 5.82 Å². The van der Waals surface area contributed by atoms with Crippen molar-refractivity contribution in [2.45, 2.75) is 6.54 Å². The van der Waals surface area contributed by atoms with E-state index < -0.39 is 0 Å². The predicted molar refractivity (Wildman–Crippen MR) is 82.5 cm³/mol. The van der Waals surface area contributed by atoms with E-state index >= 15 is 0 Å². The Balaban J connectivity index is 1.55. The molecule has 0 unspecified atom stereocenters. The number of rotatable bonds is 3. The Kier molecular flexibility index (Phi) is 4.01. The van der Waals surface area contributed by atoms with Crippen molar-refractivity contribution in [1.82, 2.24) is 9.88 Å². The number of piperazine rings is 1. The summed E-state index contributed by atoms with van der Waals surface area (Å²) < 4.78 is 12.9. The minimum atomic E-state index is -0.187. The first kappa shape index (κ1) is 13.8. The topological polar surface area (TPSA) is 45.4 Å². The van der Waals surface area contributed by atoms with Gasteiger partial charge in [-0.3, -0.25) is 4.90 Å². The Morgan fingerprint density at radius 3 is 2.33 bits per heavy atom. The summed E-state index contributed by atoms with van der Waals surface area (Å²) in [5.41, 5.74) is 7.86. The minimum absolute atomic E-state index is 0.187. The van der Waals surface area contributed by atoms with Gasteiger partial charge in [0.2, 0.25) is 0 Å². The average Bonchev–Trinajstić information content (AvgIpc) is 2.51. The molecule has 21 heavy (non-hydrogen) atoms. The molecule has 0 atom stereocenters. The molecule has 2 aromatic rings. The largest absolute Gasteiger partial charge is 0.384 e. The molecule has 4 nitrogen and oxygen atoms in total. The Morgan fingerprint density at radius 1 is 1.00 bits per heavy atom. The van der Waals surface area contributed by atoms with E-state index in [1.165, 1.54) is 17.7 Å². The highest BCUT2D eigenvalue weighted by Gasteiger charge is 2.17. The molecule has 1 aromatic carbocycles. The van der Waals surface area contributed by atoms with Crippen molar-refractivity contribution < 1.29 is 4.39 Å². The summed E-state index contributed by atoms with van der Waals surface area (Å²) >= 11 is 0. The molecule has 0 saturated carbocycles. The van der Waals surface area contributed by atoms with Gasteiger partial charge in [0.25, 0.3) is 0 Å². The van der Waals surface area contributed by atoms with Gasteiger partial charge < -0.3 is 10.6 Å². The zero-order valence-corrected chi connectivity index (χ0v) is 11.9. The van der Waals surface area contributed by atoms with E-state index in [1.807, 2.05) is 30.5 Å². The van der Waals surface area contributed by atoms with Crippen LogP contribution >= 0.6 is 0 Å². The predicted octanol–water partition coefficient (Wildman–Crippen LogP) is 2.13. The number of hydrogen-bond donors (Lipinski definition) is 1. The number of benzene rings is 1. The molecule has 0 amide bonds. The fourth-order valence-corrected chi connectivity index (χ4v) is 2.60. The molecule has 2 heterocycles. The standard InChI is InChI=1S/C16H19FN4/c17-14-2-4-15(5-3-14)21-9-7-20(8-10-21)12-13-1-6-16(18)19-11-13/h1-6,11H,7-10,12H2,(H2,18,19). The van der Waals surface area contributed by atoms with Gasteiger partial charge in [-0.2, -0.15) is 0 Å². The number of halogens is 1. The highest BCUT2D eigenvalue weighted by molar-refractivity contribution is 5.46. The molecule has 1 saturated heterocycles. The summed E-state index contributed by atoms with van der Waals surface area (Å²) in [6.07, 6.45) is 1.84. The van der Waals surface area contributed by atoms with E-state index in [2.05, 4.69) is 14.8 Å². The Hall–Kier alpha value is -2.14. The van der Waals surface area contributed by atoms with Crippen molar-refractivity contribution in [3.63, 3.8) is 0 Å². The van der Waals surface area contributed by atoms with Gasteiger partial charge in [-0.15, -0.1) is 0 Å². The maximum absolute atomic E-state index is 12.9. The van der Waals surface area contributed by atoms with E-state index in [0.717, 1.165) is 38.4 Å². The molecule has 110 valence electrons. The second-order valence-corrected chi connectivity index (χ2v) is 5.33. The fraction of sp³-hybridized carbons (Fsp3) is 0.312. The highest BCUT2D eigenvalue weighted by Crippen LogP contribution is 2.17. The van der Waals surface area contributed by atoms with Gasteiger partial charge in [-0.1, -0.05) is 6.07 Å². The first-order valence-corrected chi connectivity index (χ1v) is 7.14. The lowest BCUT2D eigenvalue weighted by Crippen LogP contribution is -2.45. The number of aromatic nitrogens is 1. The van der Waals surface area contributed by atoms with Gasteiger partial charge in [-0.05, 0) is 35.9 Å².